The van der Waals surface area contributed by atoms with Gasteiger partial charge in [-0.1, -0.05) is 12.1 Å². The summed E-state index contributed by atoms with van der Waals surface area (Å²) in [4.78, 5) is 3.82. The maximum absolute atomic E-state index is 11.8. The SMILES string of the molecule is CC(O)C(C)c1nc(COCC(F)(F)F)no1. The van der Waals surface area contributed by atoms with Crippen molar-refractivity contribution in [1.29, 1.82) is 0 Å². The summed E-state index contributed by atoms with van der Waals surface area (Å²) < 4.78 is 44.5. The summed E-state index contributed by atoms with van der Waals surface area (Å²) in [7, 11) is 0. The molecule has 0 bridgehead atoms. The Balaban J connectivity index is 2.46. The van der Waals surface area contributed by atoms with Crippen LogP contribution in [0.1, 0.15) is 31.5 Å². The lowest BCUT2D eigenvalue weighted by molar-refractivity contribution is -0.177. The normalized spacial score (nSPS) is 15.9. The van der Waals surface area contributed by atoms with E-state index in [-0.39, 0.29) is 24.2 Å². The van der Waals surface area contributed by atoms with Crippen LogP contribution in [-0.2, 0) is 11.3 Å². The van der Waals surface area contributed by atoms with Crippen molar-refractivity contribution < 1.29 is 27.5 Å². The Morgan fingerprint density at radius 3 is 2.59 bits per heavy atom. The molecule has 1 heterocycles. The number of alkyl halides is 3. The fourth-order valence-electron chi connectivity index (χ4n) is 0.975. The van der Waals surface area contributed by atoms with E-state index in [2.05, 4.69) is 14.9 Å². The molecule has 0 saturated heterocycles. The van der Waals surface area contributed by atoms with Crippen LogP contribution in [0.5, 0.6) is 0 Å². The Kier molecular flexibility index (Phi) is 4.47. The monoisotopic (exact) mass is 254 g/mol. The smallest absolute Gasteiger partial charge is 0.393 e. The van der Waals surface area contributed by atoms with Crippen molar-refractivity contribution in [3.8, 4) is 0 Å². The van der Waals surface area contributed by atoms with Crippen molar-refractivity contribution >= 4 is 0 Å². The van der Waals surface area contributed by atoms with Gasteiger partial charge in [-0.3, -0.25) is 0 Å². The molecule has 0 amide bonds. The van der Waals surface area contributed by atoms with Crippen LogP contribution < -0.4 is 0 Å². The Labute approximate surface area is 95.6 Å². The molecule has 0 saturated carbocycles. The molecule has 0 aromatic carbocycles. The molecule has 0 aliphatic heterocycles. The molecule has 1 aromatic heterocycles. The van der Waals surface area contributed by atoms with Gasteiger partial charge in [-0.05, 0) is 6.92 Å². The highest BCUT2D eigenvalue weighted by Crippen LogP contribution is 2.18. The minimum absolute atomic E-state index is 0.0248. The summed E-state index contributed by atoms with van der Waals surface area (Å²) in [5, 5.41) is 12.7. The minimum atomic E-state index is -4.38. The average Bonchev–Trinajstić information content (AvgIpc) is 2.63. The van der Waals surface area contributed by atoms with Crippen molar-refractivity contribution in [2.24, 2.45) is 0 Å². The van der Waals surface area contributed by atoms with Crippen LogP contribution in [0.4, 0.5) is 13.2 Å². The quantitative estimate of drug-likeness (QED) is 0.864. The van der Waals surface area contributed by atoms with Gasteiger partial charge in [-0.15, -0.1) is 0 Å². The second-order valence-electron chi connectivity index (χ2n) is 3.69. The predicted molar refractivity (Wildman–Crippen MR) is 50.1 cm³/mol. The van der Waals surface area contributed by atoms with Crippen molar-refractivity contribution in [1.82, 2.24) is 10.1 Å². The highest BCUT2D eigenvalue weighted by atomic mass is 19.4. The molecule has 0 aliphatic rings. The number of rotatable bonds is 5. The number of aromatic nitrogens is 2. The Morgan fingerprint density at radius 2 is 2.06 bits per heavy atom. The molecule has 1 N–H and O–H groups in total. The third kappa shape index (κ3) is 4.70. The zero-order chi connectivity index (χ0) is 13.1. The van der Waals surface area contributed by atoms with Crippen LogP contribution in [-0.4, -0.2) is 34.1 Å². The third-order valence-corrected chi connectivity index (χ3v) is 2.09. The molecule has 0 spiro atoms. The molecule has 98 valence electrons. The topological polar surface area (TPSA) is 68.4 Å². The van der Waals surface area contributed by atoms with Gasteiger partial charge in [0.1, 0.15) is 13.2 Å². The maximum atomic E-state index is 11.8. The number of hydrogen-bond donors (Lipinski definition) is 1. The Bertz CT molecular complexity index is 352. The zero-order valence-electron chi connectivity index (χ0n) is 9.36. The minimum Gasteiger partial charge on any atom is -0.393 e. The first-order valence-electron chi connectivity index (χ1n) is 4.94. The highest BCUT2D eigenvalue weighted by molar-refractivity contribution is 4.93. The molecule has 0 aliphatic carbocycles. The van der Waals surface area contributed by atoms with Crippen molar-refractivity contribution in [2.75, 3.05) is 6.61 Å². The first-order chi connectivity index (χ1) is 7.79. The standard InChI is InChI=1S/C9H13F3N2O3/c1-5(6(2)15)8-13-7(14-17-8)3-16-4-9(10,11)12/h5-6,15H,3-4H2,1-2H3. The molecule has 17 heavy (non-hydrogen) atoms. The first kappa shape index (κ1) is 13.9. The van der Waals surface area contributed by atoms with E-state index in [0.717, 1.165) is 0 Å². The summed E-state index contributed by atoms with van der Waals surface area (Å²) in [6.07, 6.45) is -5.06. The van der Waals surface area contributed by atoms with Crippen LogP contribution in [0.25, 0.3) is 0 Å². The van der Waals surface area contributed by atoms with Gasteiger partial charge in [0.25, 0.3) is 0 Å². The van der Waals surface area contributed by atoms with E-state index in [4.69, 9.17) is 4.52 Å². The van der Waals surface area contributed by atoms with Crippen LogP contribution in [0.15, 0.2) is 4.52 Å². The van der Waals surface area contributed by atoms with Gasteiger partial charge < -0.3 is 14.4 Å². The van der Waals surface area contributed by atoms with Crippen molar-refractivity contribution in [2.45, 2.75) is 38.7 Å². The highest BCUT2D eigenvalue weighted by Gasteiger charge is 2.28. The number of ether oxygens (including phenoxy) is 1. The fourth-order valence-corrected chi connectivity index (χ4v) is 0.975. The molecular weight excluding hydrogens is 241 g/mol. The second kappa shape index (κ2) is 5.46. The molecule has 0 radical (unpaired) electrons. The van der Waals surface area contributed by atoms with Crippen LogP contribution in [0.2, 0.25) is 0 Å². The summed E-state index contributed by atoms with van der Waals surface area (Å²) >= 11 is 0. The molecular formula is C9H13F3N2O3. The van der Waals surface area contributed by atoms with E-state index in [1.54, 1.807) is 13.8 Å². The van der Waals surface area contributed by atoms with Gasteiger partial charge in [-0.25, -0.2) is 0 Å². The van der Waals surface area contributed by atoms with Gasteiger partial charge in [-0.2, -0.15) is 18.2 Å². The Hall–Kier alpha value is -1.15. The van der Waals surface area contributed by atoms with Crippen LogP contribution in [0, 0.1) is 0 Å². The Morgan fingerprint density at radius 1 is 1.41 bits per heavy atom. The second-order valence-corrected chi connectivity index (χ2v) is 3.69. The lowest BCUT2D eigenvalue weighted by atomic mass is 10.1. The molecule has 1 rings (SSSR count). The molecule has 2 unspecified atom stereocenters. The van der Waals surface area contributed by atoms with Crippen LogP contribution >= 0.6 is 0 Å². The van der Waals surface area contributed by atoms with E-state index >= 15 is 0 Å². The number of aliphatic hydroxyl groups excluding tert-OH is 1. The van der Waals surface area contributed by atoms with E-state index in [1.165, 1.54) is 0 Å². The number of aliphatic hydroxyl groups is 1. The predicted octanol–water partition coefficient (Wildman–Crippen LogP) is 1.63. The number of halogens is 3. The van der Waals surface area contributed by atoms with Gasteiger partial charge in [0.2, 0.25) is 5.89 Å². The largest absolute Gasteiger partial charge is 0.411 e. The summed E-state index contributed by atoms with van der Waals surface area (Å²) in [6.45, 7) is 1.48. The summed E-state index contributed by atoms with van der Waals surface area (Å²) in [6, 6.07) is 0. The average molecular weight is 254 g/mol. The van der Waals surface area contributed by atoms with Crippen LogP contribution in [0.3, 0.4) is 0 Å². The lowest BCUT2D eigenvalue weighted by Gasteiger charge is -2.08. The van der Waals surface area contributed by atoms with E-state index in [9.17, 15) is 18.3 Å². The third-order valence-electron chi connectivity index (χ3n) is 2.09. The molecule has 1 aromatic rings. The summed E-state index contributed by atoms with van der Waals surface area (Å²) in [5.41, 5.74) is 0. The molecule has 5 nitrogen and oxygen atoms in total. The fraction of sp³-hybridized carbons (Fsp3) is 0.778. The first-order valence-corrected chi connectivity index (χ1v) is 4.94. The van der Waals surface area contributed by atoms with Gasteiger partial charge in [0.05, 0.1) is 12.0 Å². The van der Waals surface area contributed by atoms with E-state index in [0.29, 0.717) is 0 Å². The van der Waals surface area contributed by atoms with Crippen molar-refractivity contribution in [3.05, 3.63) is 11.7 Å². The van der Waals surface area contributed by atoms with Gasteiger partial charge in [0.15, 0.2) is 5.82 Å². The van der Waals surface area contributed by atoms with Crippen molar-refractivity contribution in [3.63, 3.8) is 0 Å². The lowest BCUT2D eigenvalue weighted by Crippen LogP contribution is -2.17. The van der Waals surface area contributed by atoms with Gasteiger partial charge >= 0.3 is 6.18 Å². The zero-order valence-corrected chi connectivity index (χ0v) is 9.36. The molecule has 0 fully saturated rings. The maximum Gasteiger partial charge on any atom is 0.411 e. The molecule has 2 atom stereocenters. The van der Waals surface area contributed by atoms with Gasteiger partial charge in [0, 0.05) is 0 Å². The number of hydrogen-bond acceptors (Lipinski definition) is 5. The summed E-state index contributed by atoms with van der Waals surface area (Å²) in [5.74, 6) is -0.179. The molecule has 8 heteroatoms. The van der Waals surface area contributed by atoms with E-state index in [1.807, 2.05) is 0 Å². The van der Waals surface area contributed by atoms with E-state index < -0.39 is 18.9 Å². The number of nitrogens with zero attached hydrogens (tertiary/aromatic N) is 2.